The van der Waals surface area contributed by atoms with E-state index in [1.54, 1.807) is 0 Å². The monoisotopic (exact) mass is 168 g/mol. The summed E-state index contributed by atoms with van der Waals surface area (Å²) in [6.45, 7) is 5.19. The molecule has 0 N–H and O–H groups in total. The van der Waals surface area contributed by atoms with Gasteiger partial charge in [-0.15, -0.1) is 0 Å². The zero-order chi connectivity index (χ0) is 8.60. The first-order valence-electron chi connectivity index (χ1n) is 4.79. The topological polar surface area (TPSA) is 24.8 Å². The van der Waals surface area contributed by atoms with Crippen LogP contribution >= 0.6 is 0 Å². The number of oxime groups is 1. The van der Waals surface area contributed by atoms with Gasteiger partial charge in [-0.05, 0) is 26.7 Å². The van der Waals surface area contributed by atoms with Gasteiger partial charge in [-0.2, -0.15) is 0 Å². The summed E-state index contributed by atoms with van der Waals surface area (Å²) in [4.78, 5) is 7.82. The summed E-state index contributed by atoms with van der Waals surface area (Å²) < 4.78 is 0. The lowest BCUT2D eigenvalue weighted by molar-refractivity contribution is -0.0912. The van der Waals surface area contributed by atoms with Gasteiger partial charge >= 0.3 is 0 Å². The van der Waals surface area contributed by atoms with Gasteiger partial charge in [0.25, 0.3) is 0 Å². The molecule has 2 rings (SSSR count). The van der Waals surface area contributed by atoms with Gasteiger partial charge in [-0.1, -0.05) is 5.16 Å². The Kier molecular flexibility index (Phi) is 1.74. The number of rotatable bonds is 1. The lowest BCUT2D eigenvalue weighted by Crippen LogP contribution is -2.45. The number of nitrogens with zero attached hydrogens (tertiary/aromatic N) is 2. The maximum absolute atomic E-state index is 5.53. The molecule has 1 heterocycles. The van der Waals surface area contributed by atoms with Crippen LogP contribution in [-0.4, -0.2) is 23.0 Å². The standard InChI is InChI=1S/C9H16N2O/c1-3-11-8(2)10-12-9(11)6-4-5-7-9/h3-7H2,1-2H3. The number of amidine groups is 1. The highest BCUT2D eigenvalue weighted by Crippen LogP contribution is 2.39. The summed E-state index contributed by atoms with van der Waals surface area (Å²) >= 11 is 0. The Labute approximate surface area is 73.4 Å². The fourth-order valence-corrected chi connectivity index (χ4v) is 2.35. The Morgan fingerprint density at radius 3 is 2.75 bits per heavy atom. The van der Waals surface area contributed by atoms with Gasteiger partial charge < -0.3 is 9.74 Å². The minimum Gasteiger partial charge on any atom is -0.365 e. The van der Waals surface area contributed by atoms with E-state index in [0.29, 0.717) is 0 Å². The van der Waals surface area contributed by atoms with Crippen molar-refractivity contribution >= 4 is 5.84 Å². The summed E-state index contributed by atoms with van der Waals surface area (Å²) in [5.41, 5.74) is -0.0428. The largest absolute Gasteiger partial charge is 0.365 e. The SMILES string of the molecule is CCN1C(C)=NOC12CCCC2. The molecule has 1 saturated carbocycles. The molecule has 68 valence electrons. The van der Waals surface area contributed by atoms with Crippen molar-refractivity contribution in [2.24, 2.45) is 5.16 Å². The summed E-state index contributed by atoms with van der Waals surface area (Å²) in [5.74, 6) is 1.04. The molecular formula is C9H16N2O. The molecule has 0 amide bonds. The van der Waals surface area contributed by atoms with Gasteiger partial charge in [0.05, 0.1) is 0 Å². The molecule has 0 atom stereocenters. The third-order valence-electron chi connectivity index (χ3n) is 2.93. The molecule has 1 aliphatic carbocycles. The highest BCUT2D eigenvalue weighted by molar-refractivity contribution is 5.80. The molecule has 2 aliphatic rings. The first-order chi connectivity index (χ1) is 5.78. The quantitative estimate of drug-likeness (QED) is 0.597. The van der Waals surface area contributed by atoms with E-state index in [1.165, 1.54) is 12.8 Å². The summed E-state index contributed by atoms with van der Waals surface area (Å²) in [7, 11) is 0. The van der Waals surface area contributed by atoms with Crippen LogP contribution in [-0.2, 0) is 4.84 Å². The van der Waals surface area contributed by atoms with Crippen molar-refractivity contribution in [2.75, 3.05) is 6.54 Å². The van der Waals surface area contributed by atoms with Crippen LogP contribution in [0.2, 0.25) is 0 Å². The van der Waals surface area contributed by atoms with E-state index in [9.17, 15) is 0 Å². The van der Waals surface area contributed by atoms with E-state index in [2.05, 4.69) is 17.0 Å². The van der Waals surface area contributed by atoms with Crippen LogP contribution in [0.3, 0.4) is 0 Å². The molecule has 0 unspecified atom stereocenters. The zero-order valence-corrected chi connectivity index (χ0v) is 7.84. The maximum Gasteiger partial charge on any atom is 0.211 e. The second-order valence-corrected chi connectivity index (χ2v) is 3.63. The Morgan fingerprint density at radius 2 is 2.17 bits per heavy atom. The van der Waals surface area contributed by atoms with Crippen LogP contribution in [0.1, 0.15) is 39.5 Å². The van der Waals surface area contributed by atoms with Crippen LogP contribution in [0.25, 0.3) is 0 Å². The minimum absolute atomic E-state index is 0.0428. The molecule has 0 radical (unpaired) electrons. The predicted octanol–water partition coefficient (Wildman–Crippen LogP) is 1.94. The Balaban J connectivity index is 2.18. The second kappa shape index (κ2) is 2.64. The van der Waals surface area contributed by atoms with Crippen LogP contribution in [0, 0.1) is 0 Å². The molecular weight excluding hydrogens is 152 g/mol. The fraction of sp³-hybridized carbons (Fsp3) is 0.889. The van der Waals surface area contributed by atoms with E-state index in [4.69, 9.17) is 4.84 Å². The molecule has 0 aromatic heterocycles. The average Bonchev–Trinajstić information content (AvgIpc) is 2.63. The molecule has 0 saturated heterocycles. The van der Waals surface area contributed by atoms with Gasteiger partial charge in [-0.3, -0.25) is 0 Å². The van der Waals surface area contributed by atoms with Crippen molar-refractivity contribution in [3.8, 4) is 0 Å². The molecule has 12 heavy (non-hydrogen) atoms. The van der Waals surface area contributed by atoms with Crippen molar-refractivity contribution in [3.63, 3.8) is 0 Å². The zero-order valence-electron chi connectivity index (χ0n) is 7.84. The summed E-state index contributed by atoms with van der Waals surface area (Å²) in [5, 5.41) is 4.07. The van der Waals surface area contributed by atoms with E-state index < -0.39 is 0 Å². The van der Waals surface area contributed by atoms with Gasteiger partial charge in [0.15, 0.2) is 0 Å². The molecule has 1 spiro atoms. The molecule has 0 bridgehead atoms. The highest BCUT2D eigenvalue weighted by atomic mass is 16.7. The molecule has 0 aromatic carbocycles. The van der Waals surface area contributed by atoms with Crippen molar-refractivity contribution in [3.05, 3.63) is 0 Å². The fourth-order valence-electron chi connectivity index (χ4n) is 2.35. The van der Waals surface area contributed by atoms with Crippen molar-refractivity contribution in [1.82, 2.24) is 4.90 Å². The third kappa shape index (κ3) is 0.919. The Bertz CT molecular complexity index is 207. The van der Waals surface area contributed by atoms with Crippen LogP contribution in [0.5, 0.6) is 0 Å². The highest BCUT2D eigenvalue weighted by Gasteiger charge is 2.45. The minimum atomic E-state index is -0.0428. The molecule has 3 heteroatoms. The average molecular weight is 168 g/mol. The lowest BCUT2D eigenvalue weighted by Gasteiger charge is -2.32. The number of hydrogen-bond acceptors (Lipinski definition) is 3. The van der Waals surface area contributed by atoms with Crippen LogP contribution in [0.15, 0.2) is 5.16 Å². The van der Waals surface area contributed by atoms with E-state index in [0.717, 1.165) is 25.2 Å². The smallest absolute Gasteiger partial charge is 0.211 e. The maximum atomic E-state index is 5.53. The predicted molar refractivity (Wildman–Crippen MR) is 47.8 cm³/mol. The van der Waals surface area contributed by atoms with E-state index in [1.807, 2.05) is 6.92 Å². The van der Waals surface area contributed by atoms with Gasteiger partial charge in [0, 0.05) is 19.4 Å². The second-order valence-electron chi connectivity index (χ2n) is 3.63. The molecule has 1 fully saturated rings. The van der Waals surface area contributed by atoms with Crippen molar-refractivity contribution < 1.29 is 4.84 Å². The number of hydrogen-bond donors (Lipinski definition) is 0. The summed E-state index contributed by atoms with van der Waals surface area (Å²) in [6.07, 6.45) is 4.84. The molecule has 3 nitrogen and oxygen atoms in total. The first kappa shape index (κ1) is 7.90. The van der Waals surface area contributed by atoms with Crippen LogP contribution < -0.4 is 0 Å². The van der Waals surface area contributed by atoms with Gasteiger partial charge in [0.1, 0.15) is 5.84 Å². The van der Waals surface area contributed by atoms with Crippen molar-refractivity contribution in [2.45, 2.75) is 45.3 Å². The van der Waals surface area contributed by atoms with Gasteiger partial charge in [0.2, 0.25) is 5.72 Å². The van der Waals surface area contributed by atoms with E-state index >= 15 is 0 Å². The first-order valence-corrected chi connectivity index (χ1v) is 4.79. The van der Waals surface area contributed by atoms with Crippen molar-refractivity contribution in [1.29, 1.82) is 0 Å². The Hall–Kier alpha value is -0.730. The van der Waals surface area contributed by atoms with Crippen LogP contribution in [0.4, 0.5) is 0 Å². The third-order valence-corrected chi connectivity index (χ3v) is 2.93. The van der Waals surface area contributed by atoms with Gasteiger partial charge in [-0.25, -0.2) is 0 Å². The molecule has 1 aliphatic heterocycles. The lowest BCUT2D eigenvalue weighted by atomic mass is 10.1. The summed E-state index contributed by atoms with van der Waals surface area (Å²) in [6, 6.07) is 0. The molecule has 0 aromatic rings. The normalized spacial score (nSPS) is 26.2. The Morgan fingerprint density at radius 1 is 1.50 bits per heavy atom. The van der Waals surface area contributed by atoms with E-state index in [-0.39, 0.29) is 5.72 Å².